The van der Waals surface area contributed by atoms with Gasteiger partial charge in [0.25, 0.3) is 0 Å². The Balaban J connectivity index is 0.000000553. The highest BCUT2D eigenvalue weighted by Gasteiger charge is 2.44. The predicted molar refractivity (Wildman–Crippen MR) is 528 cm³/mol. The van der Waals surface area contributed by atoms with Gasteiger partial charge in [-0.25, -0.2) is 8.42 Å². The van der Waals surface area contributed by atoms with E-state index in [0.717, 1.165) is 11.4 Å². The molecule has 2 aliphatic heterocycles. The molecule has 0 bridgehead atoms. The minimum atomic E-state index is -4.22. The van der Waals surface area contributed by atoms with Crippen LogP contribution in [0.25, 0.3) is 21.5 Å². The summed E-state index contributed by atoms with van der Waals surface area (Å²) in [7, 11) is -2.07. The quantitative estimate of drug-likeness (QED) is 0.0553. The average Bonchev–Trinajstić information content (AvgIpc) is 1.58. The lowest BCUT2D eigenvalue weighted by atomic mass is 9.79. The molecule has 2 heterocycles. The van der Waals surface area contributed by atoms with Gasteiger partial charge in [0.1, 0.15) is 7.05 Å². The Morgan fingerprint density at radius 3 is 0.795 bits per heavy atom. The van der Waals surface area contributed by atoms with Gasteiger partial charge >= 0.3 is 0 Å². The molecule has 2 aliphatic rings. The van der Waals surface area contributed by atoms with Crippen molar-refractivity contribution in [3.05, 3.63) is 132 Å². The summed E-state index contributed by atoms with van der Waals surface area (Å²) in [6.45, 7) is 9.73. The largest absolute Gasteiger partial charge is 0.748 e. The zero-order chi connectivity index (χ0) is 94.1. The molecule has 0 saturated carbocycles. The molecule has 0 spiro atoms. The third kappa shape index (κ3) is 43.5. The van der Waals surface area contributed by atoms with E-state index in [-0.39, 0.29) is 16.6 Å². The number of anilines is 1. The summed E-state index contributed by atoms with van der Waals surface area (Å²) in [4.78, 5) is 2.29. The maximum Gasteiger partial charge on any atom is 0.210 e. The van der Waals surface area contributed by atoms with E-state index in [1.54, 1.807) is 0 Å². The van der Waals surface area contributed by atoms with Crippen LogP contribution >= 0.6 is 0 Å². The number of hydrogen-bond acceptors (Lipinski definition) is 4. The topological polar surface area (TPSA) is 63.5 Å². The Hall–Kier alpha value is -23.2. The standard InChI is InChI=1S/C86H2.C40H42N2O3S/c1-3-5-7-9-11-13-15-17-19-21-23-25-27-29-31-33-35-37-39-41-43-45-47-49-51-53-55-57-59-61-63-65-67-69-71-73-75-77-79-81-83-85-86-84-82-80-78-76-74-72-70-68-66-64-62-60-58-56-54-52-50-48-46-44-42-40-38-36-34-32-30-28-26-24-22-20-18-16-14-12-10-8-6-4-2;1-39(2)35(41(5)33-25-23-29-17-11-13-19-31(29)37(33)39)21-9-7-6-8-10-22-36-40(3,4)38-32-20-14-12-18-30(32)24-26-34(38)42(36)27-15-16-28-46(43,44)45/h1-2H;6-14,17-26H,15-16,27-28H2,1-5H3. The number of allylic oxidation sites excluding steroid dienone is 8. The molecular weight excluding hydrogens is 1620 g/mol. The zero-order valence-corrected chi connectivity index (χ0v) is 71.3. The van der Waals surface area contributed by atoms with Crippen molar-refractivity contribution in [1.29, 1.82) is 0 Å². The number of rotatable bonds is 9. The van der Waals surface area contributed by atoms with Gasteiger partial charge in [0.15, 0.2) is 5.71 Å². The van der Waals surface area contributed by atoms with E-state index in [4.69, 9.17) is 12.8 Å². The highest BCUT2D eigenvalue weighted by Crippen LogP contribution is 2.51. The Kier molecular flexibility index (Phi) is 48.8. The summed E-state index contributed by atoms with van der Waals surface area (Å²) in [5.74, 6) is 208. The maximum atomic E-state index is 11.2. The van der Waals surface area contributed by atoms with Crippen LogP contribution in [0.4, 0.5) is 11.4 Å². The number of benzene rings is 4. The molecule has 6 heteroatoms. The smallest absolute Gasteiger partial charge is 0.210 e. The van der Waals surface area contributed by atoms with Crippen LogP contribution in [0.5, 0.6) is 0 Å². The van der Waals surface area contributed by atoms with Crippen LogP contribution in [0, 0.1) is 510 Å². The van der Waals surface area contributed by atoms with Crippen molar-refractivity contribution in [2.75, 3.05) is 24.2 Å². The molecule has 4 aromatic carbocycles. The summed E-state index contributed by atoms with van der Waals surface area (Å²) in [5, 5.41) is 4.99. The van der Waals surface area contributed by atoms with Crippen LogP contribution in [0.1, 0.15) is 51.7 Å². The van der Waals surface area contributed by atoms with E-state index in [1.165, 1.54) is 44.1 Å². The molecule has 6 rings (SSSR count). The molecule has 132 heavy (non-hydrogen) atoms. The minimum Gasteiger partial charge on any atom is -0.748 e. The summed E-state index contributed by atoms with van der Waals surface area (Å²) in [6.07, 6.45) is 25.6. The summed E-state index contributed by atoms with van der Waals surface area (Å²) < 4.78 is 35.9. The maximum absolute atomic E-state index is 11.2. The molecular formula is C126H44N2O3S. The van der Waals surface area contributed by atoms with Crippen molar-refractivity contribution in [1.82, 2.24) is 0 Å². The van der Waals surface area contributed by atoms with Gasteiger partial charge in [-0.1, -0.05) is 98.8 Å². The first-order chi connectivity index (χ1) is 64.8. The highest BCUT2D eigenvalue weighted by atomic mass is 32.2. The van der Waals surface area contributed by atoms with Crippen molar-refractivity contribution in [3.8, 4) is 510 Å². The number of hydrogen-bond donors (Lipinski definition) is 0. The number of unbranched alkanes of at least 4 members (excludes halogenated alkanes) is 1. The van der Waals surface area contributed by atoms with E-state index in [9.17, 15) is 13.0 Å². The molecule has 5 nitrogen and oxygen atoms in total. The van der Waals surface area contributed by atoms with Gasteiger partial charge in [-0.3, -0.25) is 0 Å². The average molecular weight is 1670 g/mol. The van der Waals surface area contributed by atoms with Crippen molar-refractivity contribution in [3.63, 3.8) is 0 Å². The molecule has 0 radical (unpaired) electrons. The SMILES string of the molecule is C#CC#CC#CC#CC#CC#CC#CC#CC#CC#CC#CC#CC#CC#CC#CC#CC#CC#CC#CC#CC#CC#CC#CC#CC#CC#CC#CC#CC#CC#CC#CC#CC#CC#CC#CC#CC#CC#CC#CC#CC#CC#CC#C.C[N+]1=C(C=CC=CC=CC=C2N(CCCCS(=O)(=O)[O-])c3ccc4ccccc4c3C2(C)C)C(C)(C)c2c1ccc1ccccc21. The Bertz CT molecular complexity index is 8570. The molecule has 0 N–H and O–H groups in total. The lowest BCUT2D eigenvalue weighted by Gasteiger charge is -2.27. The lowest BCUT2D eigenvalue weighted by molar-refractivity contribution is -0.401. The van der Waals surface area contributed by atoms with Crippen LogP contribution in [-0.4, -0.2) is 42.6 Å². The third-order valence-electron chi connectivity index (χ3n) is 14.8. The molecule has 0 aliphatic carbocycles. The van der Waals surface area contributed by atoms with Gasteiger partial charge in [-0.05, 0) is 167 Å². The molecule has 0 saturated heterocycles. The predicted octanol–water partition coefficient (Wildman–Crippen LogP) is 9.07. The lowest BCUT2D eigenvalue weighted by Crippen LogP contribution is -2.27. The highest BCUT2D eigenvalue weighted by molar-refractivity contribution is 7.85. The number of fused-ring (bicyclic) bond motifs is 6. The number of nitrogens with zero attached hydrogens (tertiary/aromatic N) is 2. The first kappa shape index (κ1) is 99.4. The number of terminal acetylenes is 2. The molecule has 0 unspecified atom stereocenters. The van der Waals surface area contributed by atoms with Crippen molar-refractivity contribution < 1.29 is 17.5 Å². The van der Waals surface area contributed by atoms with Crippen LogP contribution in [0.3, 0.4) is 0 Å². The van der Waals surface area contributed by atoms with Gasteiger partial charge in [0.2, 0.25) is 5.69 Å². The van der Waals surface area contributed by atoms with E-state index in [2.05, 4.69) is 645 Å². The molecule has 582 valence electrons. The van der Waals surface area contributed by atoms with Crippen LogP contribution < -0.4 is 4.90 Å². The Morgan fingerprint density at radius 1 is 0.295 bits per heavy atom. The summed E-state index contributed by atoms with van der Waals surface area (Å²) in [5.41, 5.74) is 7.07. The van der Waals surface area contributed by atoms with Gasteiger partial charge in [-0.15, -0.1) is 12.8 Å². The Labute approximate surface area is 778 Å². The van der Waals surface area contributed by atoms with Crippen molar-refractivity contribution in [2.24, 2.45) is 0 Å². The molecule has 0 atom stereocenters. The normalized spacial score (nSPS) is 8.94. The third-order valence-corrected chi connectivity index (χ3v) is 15.6. The van der Waals surface area contributed by atoms with Crippen LogP contribution in [0.2, 0.25) is 0 Å². The second-order valence-corrected chi connectivity index (χ2v) is 25.4. The second-order valence-electron chi connectivity index (χ2n) is 23.9. The second kappa shape index (κ2) is 64.8. The van der Waals surface area contributed by atoms with Gasteiger partial charge in [0.05, 0.1) is 15.5 Å². The minimum absolute atomic E-state index is 0.121. The van der Waals surface area contributed by atoms with Crippen LogP contribution in [0.15, 0.2) is 121 Å². The monoisotopic (exact) mass is 1660 g/mol. The molecule has 4 aromatic rings. The van der Waals surface area contributed by atoms with Gasteiger partial charge in [-0.2, -0.15) is 4.58 Å². The van der Waals surface area contributed by atoms with E-state index < -0.39 is 10.1 Å². The van der Waals surface area contributed by atoms with Gasteiger partial charge < -0.3 is 9.45 Å². The Morgan fingerprint density at radius 2 is 0.530 bits per heavy atom. The molecule has 0 fully saturated rings. The van der Waals surface area contributed by atoms with Crippen molar-refractivity contribution in [2.45, 2.75) is 51.4 Å². The summed E-state index contributed by atoms with van der Waals surface area (Å²) >= 11 is 0. The fourth-order valence-corrected chi connectivity index (χ4v) is 10.6. The van der Waals surface area contributed by atoms with E-state index in [1.807, 2.05) is 12.2 Å². The fraction of sp³-hybridized carbons (Fsp3) is 0.0873. The van der Waals surface area contributed by atoms with E-state index >= 15 is 0 Å². The molecule has 0 aromatic heterocycles. The first-order valence-corrected chi connectivity index (χ1v) is 38.9. The molecule has 0 amide bonds. The fourth-order valence-electron chi connectivity index (χ4n) is 10.1. The summed E-state index contributed by atoms with van der Waals surface area (Å²) in [6, 6.07) is 25.8. The van der Waals surface area contributed by atoms with Crippen LogP contribution in [-0.2, 0) is 20.9 Å². The van der Waals surface area contributed by atoms with Gasteiger partial charge in [0, 0.05) is 449 Å². The first-order valence-electron chi connectivity index (χ1n) is 37.3. The zero-order valence-electron chi connectivity index (χ0n) is 70.5. The van der Waals surface area contributed by atoms with E-state index in [0.29, 0.717) is 19.4 Å². The van der Waals surface area contributed by atoms with Crippen molar-refractivity contribution >= 4 is 48.7 Å².